The summed E-state index contributed by atoms with van der Waals surface area (Å²) in [5.74, 6) is -0.501. The van der Waals surface area contributed by atoms with Crippen LogP contribution in [-0.2, 0) is 10.0 Å². The van der Waals surface area contributed by atoms with Gasteiger partial charge in [-0.1, -0.05) is 29.8 Å². The number of sulfonamides is 1. The van der Waals surface area contributed by atoms with Gasteiger partial charge in [-0.2, -0.15) is 0 Å². The van der Waals surface area contributed by atoms with Crippen molar-refractivity contribution in [3.8, 4) is 0 Å². The second-order valence-electron chi connectivity index (χ2n) is 6.52. The summed E-state index contributed by atoms with van der Waals surface area (Å²) in [5, 5.41) is 5.07. The standard InChI is InChI=1S/C21H20N4O4S/c1-14-8-10-16(11-9-14)25-30(28,29)19-7-2-4-15(12-19)20(26)23-17-5-3-6-18(13-17)24-21(22)27/h2-13,25H,1H3,(H,23,26)(H3,22,24,27). The Morgan fingerprint density at radius 1 is 0.800 bits per heavy atom. The molecule has 3 rings (SSSR count). The predicted molar refractivity (Wildman–Crippen MR) is 116 cm³/mol. The van der Waals surface area contributed by atoms with Gasteiger partial charge in [-0.3, -0.25) is 9.52 Å². The second-order valence-corrected chi connectivity index (χ2v) is 8.21. The lowest BCUT2D eigenvalue weighted by Gasteiger charge is -2.11. The maximum absolute atomic E-state index is 12.7. The minimum atomic E-state index is -3.87. The number of hydrogen-bond acceptors (Lipinski definition) is 4. The molecule has 9 heteroatoms. The third-order valence-corrected chi connectivity index (χ3v) is 5.48. The van der Waals surface area contributed by atoms with Gasteiger partial charge in [0.2, 0.25) is 0 Å². The van der Waals surface area contributed by atoms with Crippen LogP contribution < -0.4 is 21.1 Å². The Bertz CT molecular complexity index is 1190. The van der Waals surface area contributed by atoms with Crippen LogP contribution in [0, 0.1) is 6.92 Å². The van der Waals surface area contributed by atoms with Crippen LogP contribution in [0.25, 0.3) is 0 Å². The summed E-state index contributed by atoms with van der Waals surface area (Å²) in [7, 11) is -3.87. The third-order valence-electron chi connectivity index (χ3n) is 4.10. The van der Waals surface area contributed by atoms with Gasteiger partial charge in [0.15, 0.2) is 0 Å². The minimum Gasteiger partial charge on any atom is -0.351 e. The summed E-state index contributed by atoms with van der Waals surface area (Å²) >= 11 is 0. The van der Waals surface area contributed by atoms with Gasteiger partial charge < -0.3 is 16.4 Å². The highest BCUT2D eigenvalue weighted by molar-refractivity contribution is 7.92. The SMILES string of the molecule is Cc1ccc(NS(=O)(=O)c2cccc(C(=O)Nc3cccc(NC(N)=O)c3)c2)cc1. The monoisotopic (exact) mass is 424 g/mol. The van der Waals surface area contributed by atoms with Crippen molar-refractivity contribution >= 4 is 39.0 Å². The fourth-order valence-electron chi connectivity index (χ4n) is 2.66. The predicted octanol–water partition coefficient (Wildman–Crippen LogP) is 3.54. The van der Waals surface area contributed by atoms with Crippen molar-refractivity contribution in [3.05, 3.63) is 83.9 Å². The van der Waals surface area contributed by atoms with E-state index >= 15 is 0 Å². The Balaban J connectivity index is 1.78. The number of hydrogen-bond donors (Lipinski definition) is 4. The zero-order valence-electron chi connectivity index (χ0n) is 16.0. The van der Waals surface area contributed by atoms with Crippen LogP contribution in [-0.4, -0.2) is 20.4 Å². The number of nitrogens with two attached hydrogens (primary N) is 1. The number of carbonyl (C=O) groups excluding carboxylic acids is 2. The molecule has 0 unspecified atom stereocenters. The van der Waals surface area contributed by atoms with E-state index in [-0.39, 0.29) is 10.5 Å². The summed E-state index contributed by atoms with van der Waals surface area (Å²) in [6, 6.07) is 18.3. The third kappa shape index (κ3) is 5.36. The molecular formula is C21H20N4O4S. The maximum Gasteiger partial charge on any atom is 0.316 e. The van der Waals surface area contributed by atoms with Crippen molar-refractivity contribution in [1.29, 1.82) is 0 Å². The van der Waals surface area contributed by atoms with Gasteiger partial charge >= 0.3 is 6.03 Å². The van der Waals surface area contributed by atoms with E-state index in [4.69, 9.17) is 5.73 Å². The van der Waals surface area contributed by atoms with E-state index in [2.05, 4.69) is 15.4 Å². The number of aryl methyl sites for hydroxylation is 1. The van der Waals surface area contributed by atoms with E-state index in [1.807, 2.05) is 6.92 Å². The summed E-state index contributed by atoms with van der Waals surface area (Å²) in [5.41, 5.74) is 7.51. The normalized spacial score (nSPS) is 10.8. The molecule has 8 nitrogen and oxygen atoms in total. The van der Waals surface area contributed by atoms with Gasteiger partial charge in [0.25, 0.3) is 15.9 Å². The Kier molecular flexibility index (Phi) is 6.03. The summed E-state index contributed by atoms with van der Waals surface area (Å²) < 4.78 is 27.8. The quantitative estimate of drug-likeness (QED) is 0.482. The van der Waals surface area contributed by atoms with Crippen LogP contribution in [0.2, 0.25) is 0 Å². The fraction of sp³-hybridized carbons (Fsp3) is 0.0476. The lowest BCUT2D eigenvalue weighted by Crippen LogP contribution is -2.19. The zero-order valence-corrected chi connectivity index (χ0v) is 16.9. The fourth-order valence-corrected chi connectivity index (χ4v) is 3.76. The molecule has 0 aromatic heterocycles. The van der Waals surface area contributed by atoms with Gasteiger partial charge in [-0.25, -0.2) is 13.2 Å². The summed E-state index contributed by atoms with van der Waals surface area (Å²) in [6.45, 7) is 1.90. The van der Waals surface area contributed by atoms with E-state index in [1.54, 1.807) is 42.5 Å². The molecule has 0 aliphatic heterocycles. The average molecular weight is 424 g/mol. The van der Waals surface area contributed by atoms with E-state index < -0.39 is 22.0 Å². The Morgan fingerprint density at radius 2 is 1.43 bits per heavy atom. The number of urea groups is 1. The zero-order chi connectivity index (χ0) is 21.7. The maximum atomic E-state index is 12.7. The molecule has 0 saturated carbocycles. The molecule has 0 radical (unpaired) electrons. The molecule has 0 fully saturated rings. The molecule has 0 saturated heterocycles. The highest BCUT2D eigenvalue weighted by Crippen LogP contribution is 2.20. The molecular weight excluding hydrogens is 404 g/mol. The molecule has 0 spiro atoms. The highest BCUT2D eigenvalue weighted by Gasteiger charge is 2.17. The molecule has 0 aliphatic rings. The van der Waals surface area contributed by atoms with Gasteiger partial charge in [0, 0.05) is 22.6 Å². The van der Waals surface area contributed by atoms with E-state index in [0.29, 0.717) is 17.1 Å². The lowest BCUT2D eigenvalue weighted by molar-refractivity contribution is 0.102. The first kappa shape index (κ1) is 20.9. The molecule has 30 heavy (non-hydrogen) atoms. The average Bonchev–Trinajstić information content (AvgIpc) is 2.69. The van der Waals surface area contributed by atoms with E-state index in [1.165, 1.54) is 30.3 Å². The number of benzene rings is 3. The smallest absolute Gasteiger partial charge is 0.316 e. The molecule has 154 valence electrons. The largest absolute Gasteiger partial charge is 0.351 e. The molecule has 5 N–H and O–H groups in total. The Labute approximate surface area is 174 Å². The van der Waals surface area contributed by atoms with Gasteiger partial charge in [-0.15, -0.1) is 0 Å². The van der Waals surface area contributed by atoms with Gasteiger partial charge in [0.05, 0.1) is 4.90 Å². The number of carbonyl (C=O) groups is 2. The molecule has 3 aromatic carbocycles. The van der Waals surface area contributed by atoms with E-state index in [9.17, 15) is 18.0 Å². The first-order valence-corrected chi connectivity index (χ1v) is 10.4. The van der Waals surface area contributed by atoms with Crippen molar-refractivity contribution in [3.63, 3.8) is 0 Å². The Morgan fingerprint density at radius 3 is 2.10 bits per heavy atom. The number of rotatable bonds is 6. The van der Waals surface area contributed by atoms with Crippen molar-refractivity contribution in [2.45, 2.75) is 11.8 Å². The van der Waals surface area contributed by atoms with Crippen LogP contribution in [0.5, 0.6) is 0 Å². The van der Waals surface area contributed by atoms with Gasteiger partial charge in [0.1, 0.15) is 0 Å². The first-order valence-electron chi connectivity index (χ1n) is 8.90. The van der Waals surface area contributed by atoms with Crippen LogP contribution in [0.4, 0.5) is 21.9 Å². The molecule has 0 atom stereocenters. The molecule has 3 aromatic rings. The number of primary amides is 1. The van der Waals surface area contributed by atoms with Crippen molar-refractivity contribution in [1.82, 2.24) is 0 Å². The van der Waals surface area contributed by atoms with E-state index in [0.717, 1.165) is 5.56 Å². The van der Waals surface area contributed by atoms with Crippen LogP contribution in [0.3, 0.4) is 0 Å². The number of amides is 3. The lowest BCUT2D eigenvalue weighted by atomic mass is 10.2. The number of nitrogens with one attached hydrogen (secondary N) is 3. The topological polar surface area (TPSA) is 130 Å². The molecule has 0 heterocycles. The number of anilines is 3. The minimum absolute atomic E-state index is 0.0418. The molecule has 0 aliphatic carbocycles. The Hall–Kier alpha value is -3.85. The molecule has 3 amide bonds. The van der Waals surface area contributed by atoms with Crippen LogP contribution in [0.15, 0.2) is 77.7 Å². The molecule has 0 bridgehead atoms. The summed E-state index contributed by atoms with van der Waals surface area (Å²) in [6.07, 6.45) is 0. The van der Waals surface area contributed by atoms with Crippen molar-refractivity contribution in [2.24, 2.45) is 5.73 Å². The first-order chi connectivity index (χ1) is 14.2. The highest BCUT2D eigenvalue weighted by atomic mass is 32.2. The summed E-state index contributed by atoms with van der Waals surface area (Å²) in [4.78, 5) is 23.5. The van der Waals surface area contributed by atoms with Crippen LogP contribution >= 0.6 is 0 Å². The van der Waals surface area contributed by atoms with Crippen LogP contribution in [0.1, 0.15) is 15.9 Å². The van der Waals surface area contributed by atoms with Crippen molar-refractivity contribution in [2.75, 3.05) is 15.4 Å². The van der Waals surface area contributed by atoms with Crippen molar-refractivity contribution < 1.29 is 18.0 Å². The second kappa shape index (κ2) is 8.66. The van der Waals surface area contributed by atoms with Gasteiger partial charge in [-0.05, 0) is 55.5 Å².